The number of nitrogens with one attached hydrogen (secondary N) is 2. The van der Waals surface area contributed by atoms with Gasteiger partial charge in [0.2, 0.25) is 10.0 Å². The Kier molecular flexibility index (Phi) is 5.00. The van der Waals surface area contributed by atoms with E-state index < -0.39 is 10.0 Å². The summed E-state index contributed by atoms with van der Waals surface area (Å²) in [6, 6.07) is 10.5. The number of hydrogen-bond donors (Lipinski definition) is 2. The average Bonchev–Trinajstić information content (AvgIpc) is 2.47. The Morgan fingerprint density at radius 1 is 1.13 bits per heavy atom. The van der Waals surface area contributed by atoms with Gasteiger partial charge < -0.3 is 5.32 Å². The van der Waals surface area contributed by atoms with Crippen molar-refractivity contribution in [1.82, 2.24) is 5.32 Å². The van der Waals surface area contributed by atoms with Gasteiger partial charge in [0.15, 0.2) is 0 Å². The van der Waals surface area contributed by atoms with E-state index in [2.05, 4.69) is 10.0 Å². The monoisotopic (exact) mass is 336 g/mol. The van der Waals surface area contributed by atoms with Gasteiger partial charge >= 0.3 is 0 Å². The van der Waals surface area contributed by atoms with Crippen LogP contribution in [0.5, 0.6) is 0 Å². The van der Waals surface area contributed by atoms with Gasteiger partial charge in [0.1, 0.15) is 5.82 Å². The number of benzene rings is 2. The molecule has 0 aliphatic heterocycles. The number of amides is 1. The quantitative estimate of drug-likeness (QED) is 0.880. The normalized spacial score (nSPS) is 11.1. The molecule has 2 aromatic carbocycles. The van der Waals surface area contributed by atoms with E-state index in [9.17, 15) is 17.6 Å². The van der Waals surface area contributed by atoms with Crippen LogP contribution in [0.15, 0.2) is 42.5 Å². The van der Waals surface area contributed by atoms with E-state index in [0.29, 0.717) is 16.8 Å². The molecule has 0 atom stereocenters. The van der Waals surface area contributed by atoms with Gasteiger partial charge in [-0.3, -0.25) is 9.52 Å². The van der Waals surface area contributed by atoms with E-state index in [4.69, 9.17) is 0 Å². The lowest BCUT2D eigenvalue weighted by Crippen LogP contribution is -2.23. The van der Waals surface area contributed by atoms with Crippen LogP contribution >= 0.6 is 0 Å². The molecule has 2 N–H and O–H groups in total. The Bertz CT molecular complexity index is 818. The van der Waals surface area contributed by atoms with Crippen molar-refractivity contribution >= 4 is 21.6 Å². The zero-order valence-electron chi connectivity index (χ0n) is 12.8. The first-order valence-corrected chi connectivity index (χ1v) is 8.75. The first kappa shape index (κ1) is 17.0. The molecule has 0 fully saturated rings. The Labute approximate surface area is 134 Å². The summed E-state index contributed by atoms with van der Waals surface area (Å²) in [5.74, 6) is -0.618. The van der Waals surface area contributed by atoms with E-state index in [1.165, 1.54) is 12.1 Å². The number of aryl methyl sites for hydroxylation is 1. The lowest BCUT2D eigenvalue weighted by atomic mass is 10.1. The maximum Gasteiger partial charge on any atom is 0.251 e. The van der Waals surface area contributed by atoms with Crippen molar-refractivity contribution in [2.75, 3.05) is 11.0 Å². The smallest absolute Gasteiger partial charge is 0.251 e. The van der Waals surface area contributed by atoms with Crippen LogP contribution in [0.25, 0.3) is 0 Å². The number of sulfonamides is 1. The summed E-state index contributed by atoms with van der Waals surface area (Å²) >= 11 is 0. The molecule has 0 bridgehead atoms. The molecule has 7 heteroatoms. The van der Waals surface area contributed by atoms with Gasteiger partial charge in [-0.25, -0.2) is 12.8 Å². The summed E-state index contributed by atoms with van der Waals surface area (Å²) in [4.78, 5) is 12.1. The molecule has 0 spiro atoms. The molecule has 0 unspecified atom stereocenters. The summed E-state index contributed by atoms with van der Waals surface area (Å²) < 4.78 is 37.7. The predicted octanol–water partition coefficient (Wildman–Crippen LogP) is 2.44. The third kappa shape index (κ3) is 5.07. The molecule has 0 aliphatic carbocycles. The topological polar surface area (TPSA) is 75.3 Å². The zero-order chi connectivity index (χ0) is 17.0. The van der Waals surface area contributed by atoms with Crippen molar-refractivity contribution in [1.29, 1.82) is 0 Å². The van der Waals surface area contributed by atoms with Gasteiger partial charge in [-0.1, -0.05) is 12.1 Å². The van der Waals surface area contributed by atoms with Crippen LogP contribution in [-0.2, 0) is 16.6 Å². The van der Waals surface area contributed by atoms with Crippen LogP contribution in [0.2, 0.25) is 0 Å². The minimum absolute atomic E-state index is 0.279. The minimum atomic E-state index is -3.36. The highest BCUT2D eigenvalue weighted by molar-refractivity contribution is 7.92. The van der Waals surface area contributed by atoms with Gasteiger partial charge in [-0.15, -0.1) is 0 Å². The van der Waals surface area contributed by atoms with Crippen molar-refractivity contribution in [3.63, 3.8) is 0 Å². The fourth-order valence-electron chi connectivity index (χ4n) is 2.01. The number of rotatable bonds is 5. The third-order valence-corrected chi connectivity index (χ3v) is 3.74. The van der Waals surface area contributed by atoms with E-state index in [1.54, 1.807) is 37.3 Å². The number of carbonyl (C=O) groups excluding carboxylic acids is 1. The number of anilines is 1. The summed E-state index contributed by atoms with van der Waals surface area (Å²) in [6.45, 7) is 1.99. The Morgan fingerprint density at radius 2 is 1.78 bits per heavy atom. The Hall–Kier alpha value is -2.41. The molecule has 0 saturated heterocycles. The fourth-order valence-corrected chi connectivity index (χ4v) is 2.63. The second-order valence-corrected chi connectivity index (χ2v) is 6.96. The lowest BCUT2D eigenvalue weighted by molar-refractivity contribution is 0.0951. The largest absolute Gasteiger partial charge is 0.348 e. The minimum Gasteiger partial charge on any atom is -0.348 e. The molecule has 0 aliphatic rings. The SMILES string of the molecule is Cc1cc(C(=O)NCc2ccc(F)cc2)ccc1NS(C)(=O)=O. The van der Waals surface area contributed by atoms with E-state index in [1.807, 2.05) is 0 Å². The summed E-state index contributed by atoms with van der Waals surface area (Å²) in [7, 11) is -3.36. The maximum atomic E-state index is 12.8. The number of carbonyl (C=O) groups is 1. The van der Waals surface area contributed by atoms with Gasteiger partial charge in [-0.2, -0.15) is 0 Å². The summed E-state index contributed by atoms with van der Waals surface area (Å²) in [6.07, 6.45) is 1.07. The zero-order valence-corrected chi connectivity index (χ0v) is 13.6. The fraction of sp³-hybridized carbons (Fsp3) is 0.188. The standard InChI is InChI=1S/C16H17FN2O3S/c1-11-9-13(5-8-15(11)19-23(2,21)22)16(20)18-10-12-3-6-14(17)7-4-12/h3-9,19H,10H2,1-2H3,(H,18,20). The molecular formula is C16H17FN2O3S. The van der Waals surface area contributed by atoms with Crippen molar-refractivity contribution in [3.8, 4) is 0 Å². The highest BCUT2D eigenvalue weighted by Crippen LogP contribution is 2.17. The van der Waals surface area contributed by atoms with Crippen LogP contribution in [0.1, 0.15) is 21.5 Å². The van der Waals surface area contributed by atoms with Crippen LogP contribution in [0, 0.1) is 12.7 Å². The summed E-state index contributed by atoms with van der Waals surface area (Å²) in [5.41, 5.74) is 2.28. The molecular weight excluding hydrogens is 319 g/mol. The van der Waals surface area contributed by atoms with Gasteiger partial charge in [-0.05, 0) is 48.4 Å². The lowest BCUT2D eigenvalue weighted by Gasteiger charge is -2.10. The first-order chi connectivity index (χ1) is 10.7. The molecule has 1 amide bonds. The molecule has 5 nitrogen and oxygen atoms in total. The van der Waals surface area contributed by atoms with Gasteiger partial charge in [0.25, 0.3) is 5.91 Å². The predicted molar refractivity (Wildman–Crippen MR) is 87.2 cm³/mol. The van der Waals surface area contributed by atoms with Crippen molar-refractivity contribution in [2.45, 2.75) is 13.5 Å². The number of halogens is 1. The van der Waals surface area contributed by atoms with Crippen molar-refractivity contribution < 1.29 is 17.6 Å². The molecule has 2 rings (SSSR count). The Balaban J connectivity index is 2.05. The average molecular weight is 336 g/mol. The molecule has 0 radical (unpaired) electrons. The Morgan fingerprint density at radius 3 is 2.35 bits per heavy atom. The van der Waals surface area contributed by atoms with Crippen LogP contribution in [-0.4, -0.2) is 20.6 Å². The number of hydrogen-bond acceptors (Lipinski definition) is 3. The second kappa shape index (κ2) is 6.78. The van der Waals surface area contributed by atoms with E-state index in [-0.39, 0.29) is 18.3 Å². The van der Waals surface area contributed by atoms with Gasteiger partial charge in [0.05, 0.1) is 11.9 Å². The third-order valence-electron chi connectivity index (χ3n) is 3.15. The molecule has 2 aromatic rings. The molecule has 0 heterocycles. The van der Waals surface area contributed by atoms with Gasteiger partial charge in [0, 0.05) is 12.1 Å². The van der Waals surface area contributed by atoms with Crippen LogP contribution < -0.4 is 10.0 Å². The first-order valence-electron chi connectivity index (χ1n) is 6.86. The second-order valence-electron chi connectivity index (χ2n) is 5.21. The summed E-state index contributed by atoms with van der Waals surface area (Å²) in [5, 5.41) is 2.73. The van der Waals surface area contributed by atoms with Crippen molar-refractivity contribution in [2.24, 2.45) is 0 Å². The highest BCUT2D eigenvalue weighted by Gasteiger charge is 2.10. The molecule has 23 heavy (non-hydrogen) atoms. The molecule has 122 valence electrons. The highest BCUT2D eigenvalue weighted by atomic mass is 32.2. The van der Waals surface area contributed by atoms with Crippen molar-refractivity contribution in [3.05, 3.63) is 65.0 Å². The van der Waals surface area contributed by atoms with Crippen LogP contribution in [0.3, 0.4) is 0 Å². The molecule has 0 aromatic heterocycles. The molecule has 0 saturated carbocycles. The van der Waals surface area contributed by atoms with Crippen LogP contribution in [0.4, 0.5) is 10.1 Å². The van der Waals surface area contributed by atoms with E-state index >= 15 is 0 Å². The van der Waals surface area contributed by atoms with E-state index in [0.717, 1.165) is 11.8 Å². The maximum absolute atomic E-state index is 12.8.